The first-order valence-corrected chi connectivity index (χ1v) is 10.3. The summed E-state index contributed by atoms with van der Waals surface area (Å²) < 4.78 is 15.2. The number of hydrogen-bond donors (Lipinski definition) is 0. The van der Waals surface area contributed by atoms with Crippen molar-refractivity contribution in [3.8, 4) is 0 Å². The Morgan fingerprint density at radius 1 is 0.600 bits per heavy atom. The molecule has 10 heteroatoms. The van der Waals surface area contributed by atoms with Gasteiger partial charge in [-0.15, -0.1) is 0 Å². The summed E-state index contributed by atoms with van der Waals surface area (Å²) in [6.07, 6.45) is 6.48. The van der Waals surface area contributed by atoms with E-state index >= 15 is 0 Å². The molecule has 0 saturated heterocycles. The van der Waals surface area contributed by atoms with Gasteiger partial charge in [0.25, 0.3) is 0 Å². The first-order chi connectivity index (χ1) is 11.3. The molecule has 0 aliphatic rings. The van der Waals surface area contributed by atoms with Crippen LogP contribution >= 0.6 is 36.7 Å². The first-order valence-electron chi connectivity index (χ1n) is 7.82. The molecule has 0 spiro atoms. The summed E-state index contributed by atoms with van der Waals surface area (Å²) in [5.41, 5.74) is 0. The summed E-state index contributed by atoms with van der Waals surface area (Å²) >= 11 is 27.0. The van der Waals surface area contributed by atoms with E-state index in [1.807, 2.05) is 0 Å². The van der Waals surface area contributed by atoms with Crippen molar-refractivity contribution in [2.75, 3.05) is 19.8 Å². The molecule has 146 valence electrons. The van der Waals surface area contributed by atoms with Crippen molar-refractivity contribution in [2.45, 2.75) is 59.3 Å². The molecular formula is C15H27AsO3S6. The summed E-state index contributed by atoms with van der Waals surface area (Å²) in [5, 5.41) is 0. The van der Waals surface area contributed by atoms with Crippen LogP contribution in [0.1, 0.15) is 59.3 Å². The maximum absolute atomic E-state index is 4.83. The van der Waals surface area contributed by atoms with Gasteiger partial charge in [0.1, 0.15) is 0 Å². The fourth-order valence-corrected chi connectivity index (χ4v) is 1.40. The topological polar surface area (TPSA) is 27.7 Å². The van der Waals surface area contributed by atoms with Crippen LogP contribution in [0, 0.1) is 0 Å². The van der Waals surface area contributed by atoms with E-state index in [0.717, 1.165) is 38.5 Å². The Balaban J connectivity index is -0.000000130. The van der Waals surface area contributed by atoms with Gasteiger partial charge < -0.3 is 88.8 Å². The van der Waals surface area contributed by atoms with Crippen LogP contribution in [0.4, 0.5) is 0 Å². The minimum Gasteiger partial charge on any atom is -0.514 e. The third-order valence-corrected chi connectivity index (χ3v) is 2.86. The van der Waals surface area contributed by atoms with Crippen molar-refractivity contribution in [2.24, 2.45) is 0 Å². The van der Waals surface area contributed by atoms with E-state index in [-0.39, 0.29) is 31.1 Å². The van der Waals surface area contributed by atoms with Crippen LogP contribution in [-0.4, -0.2) is 50.9 Å². The Morgan fingerprint density at radius 2 is 0.800 bits per heavy atom. The van der Waals surface area contributed by atoms with Crippen molar-refractivity contribution in [1.82, 2.24) is 0 Å². The maximum Gasteiger partial charge on any atom is 3.00 e. The van der Waals surface area contributed by atoms with Crippen molar-refractivity contribution in [3.05, 3.63) is 0 Å². The summed E-state index contributed by atoms with van der Waals surface area (Å²) in [6, 6.07) is 0. The number of hydrogen-bond acceptors (Lipinski definition) is 9. The van der Waals surface area contributed by atoms with Crippen LogP contribution < -0.4 is 0 Å². The first kappa shape index (κ1) is 33.5. The normalized spacial score (nSPS) is 8.28. The van der Waals surface area contributed by atoms with Crippen LogP contribution in [0.25, 0.3) is 0 Å². The molecule has 0 aliphatic carbocycles. The molecule has 0 aromatic rings. The van der Waals surface area contributed by atoms with Crippen molar-refractivity contribution in [1.29, 1.82) is 0 Å². The largest absolute Gasteiger partial charge is 3.00 e. The minimum absolute atomic E-state index is 0. The number of unbranched alkanes of at least 4 members (excludes halogenated alkanes) is 3. The van der Waals surface area contributed by atoms with Crippen LogP contribution in [0.2, 0.25) is 0 Å². The van der Waals surface area contributed by atoms with E-state index in [9.17, 15) is 0 Å². The Labute approximate surface area is 197 Å². The number of rotatable bonds is 9. The van der Waals surface area contributed by atoms with Crippen LogP contribution in [0.5, 0.6) is 0 Å². The van der Waals surface area contributed by atoms with E-state index < -0.39 is 0 Å². The molecule has 0 aliphatic heterocycles. The molecule has 0 heterocycles. The summed E-state index contributed by atoms with van der Waals surface area (Å²) in [4.78, 5) is 0. The van der Waals surface area contributed by atoms with Gasteiger partial charge in [0, 0.05) is 13.1 Å². The Morgan fingerprint density at radius 3 is 0.920 bits per heavy atom. The van der Waals surface area contributed by atoms with Gasteiger partial charge in [-0.25, -0.2) is 0 Å². The molecule has 0 fully saturated rings. The summed E-state index contributed by atoms with van der Waals surface area (Å²) in [7, 11) is 0. The van der Waals surface area contributed by atoms with Crippen molar-refractivity contribution < 1.29 is 14.2 Å². The smallest absolute Gasteiger partial charge is 0.514 e. The van der Waals surface area contributed by atoms with Gasteiger partial charge in [0.2, 0.25) is 0 Å². The third-order valence-electron chi connectivity index (χ3n) is 2.15. The van der Waals surface area contributed by atoms with E-state index in [2.05, 4.69) is 95.3 Å². The maximum atomic E-state index is 4.83. The molecule has 0 rings (SSSR count). The van der Waals surface area contributed by atoms with E-state index in [1.54, 1.807) is 0 Å². The van der Waals surface area contributed by atoms with Gasteiger partial charge in [-0.1, -0.05) is 40.0 Å². The van der Waals surface area contributed by atoms with Crippen LogP contribution in [0.3, 0.4) is 0 Å². The molecule has 0 N–H and O–H groups in total. The fraction of sp³-hybridized carbons (Fsp3) is 0.800. The van der Waals surface area contributed by atoms with Crippen LogP contribution in [0.15, 0.2) is 0 Å². The second-order valence-electron chi connectivity index (χ2n) is 4.36. The SMILES string of the molecule is CCCCOC(=S)[S-].CCCCOC(=S)[S-].CCCCOC(=S)[S-].[As+3]. The second kappa shape index (κ2) is 29.6. The minimum atomic E-state index is 0. The van der Waals surface area contributed by atoms with E-state index in [1.165, 1.54) is 0 Å². The fourth-order valence-electron chi connectivity index (χ4n) is 0.900. The van der Waals surface area contributed by atoms with Gasteiger partial charge in [-0.2, -0.15) is 0 Å². The molecule has 0 bridgehead atoms. The van der Waals surface area contributed by atoms with Crippen LogP contribution in [-0.2, 0) is 52.1 Å². The van der Waals surface area contributed by atoms with Gasteiger partial charge in [0.15, 0.2) is 0 Å². The average Bonchev–Trinajstić information content (AvgIpc) is 2.48. The molecule has 0 saturated carbocycles. The zero-order valence-electron chi connectivity index (χ0n) is 15.0. The van der Waals surface area contributed by atoms with Gasteiger partial charge in [-0.3, -0.25) is 0 Å². The predicted molar refractivity (Wildman–Crippen MR) is 128 cm³/mol. The molecule has 2 radical (unpaired) electrons. The van der Waals surface area contributed by atoms with Gasteiger partial charge >= 0.3 is 18.0 Å². The molecule has 0 unspecified atom stereocenters. The van der Waals surface area contributed by atoms with E-state index in [0.29, 0.717) is 19.8 Å². The van der Waals surface area contributed by atoms with Crippen molar-refractivity contribution in [3.63, 3.8) is 0 Å². The molecule has 25 heavy (non-hydrogen) atoms. The molecule has 0 atom stereocenters. The Kier molecular flexibility index (Phi) is 39.7. The zero-order chi connectivity index (χ0) is 19.2. The number of thiocarbonyl (C=S) groups is 3. The number of ether oxygens (including phenoxy) is 3. The molecule has 0 amide bonds. The van der Waals surface area contributed by atoms with Gasteiger partial charge in [0.05, 0.1) is 19.8 Å². The molecule has 0 aromatic heterocycles. The molecule has 3 nitrogen and oxygen atoms in total. The third kappa shape index (κ3) is 51.6. The Hall–Kier alpha value is 0.888. The Bertz CT molecular complexity index is 272. The molecular weight excluding hydrogens is 495 g/mol. The predicted octanol–water partition coefficient (Wildman–Crippen LogP) is 4.52. The molecule has 0 aromatic carbocycles. The quantitative estimate of drug-likeness (QED) is 0.187. The summed E-state index contributed by atoms with van der Waals surface area (Å²) in [5.74, 6) is 0. The van der Waals surface area contributed by atoms with Gasteiger partial charge in [-0.05, 0) is 19.3 Å². The van der Waals surface area contributed by atoms with E-state index in [4.69, 9.17) is 14.2 Å². The van der Waals surface area contributed by atoms with Crippen molar-refractivity contribution >= 4 is 106 Å². The zero-order valence-corrected chi connectivity index (χ0v) is 21.8. The monoisotopic (exact) mass is 522 g/mol. The summed E-state index contributed by atoms with van der Waals surface area (Å²) in [6.45, 7) is 8.32. The standard InChI is InChI=1S/3C5H10OS2.As/c3*1-2-3-4-6-5(7)8;/h3*2-4H2,1H3,(H,7,8);/q;;;+3/p-3. The second-order valence-corrected chi connectivity index (χ2v) is 7.36. The average molecular weight is 523 g/mol.